The number of aromatic nitrogens is 1. The van der Waals surface area contributed by atoms with E-state index in [0.29, 0.717) is 0 Å². The third-order valence-corrected chi connectivity index (χ3v) is 4.88. The molecule has 6 heteroatoms. The largest absolute Gasteiger partial charge is 0.349 e. The highest BCUT2D eigenvalue weighted by atomic mass is 16.2. The Bertz CT molecular complexity index is 973. The molecule has 0 aliphatic rings. The van der Waals surface area contributed by atoms with Crippen LogP contribution in [0.15, 0.2) is 29.8 Å². The Labute approximate surface area is 172 Å². The van der Waals surface area contributed by atoms with Gasteiger partial charge in [-0.3, -0.25) is 9.59 Å². The highest BCUT2D eigenvalue weighted by molar-refractivity contribution is 6.04. The van der Waals surface area contributed by atoms with Gasteiger partial charge in [-0.25, -0.2) is 0 Å². The second-order valence-electron chi connectivity index (χ2n) is 7.15. The Morgan fingerprint density at radius 2 is 1.83 bits per heavy atom. The van der Waals surface area contributed by atoms with Gasteiger partial charge < -0.3 is 15.2 Å². The van der Waals surface area contributed by atoms with Gasteiger partial charge in [-0.1, -0.05) is 25.1 Å². The molecular weight excluding hydrogens is 364 g/mol. The molecule has 1 aromatic carbocycles. The van der Waals surface area contributed by atoms with Crippen LogP contribution < -0.4 is 10.6 Å². The standard InChI is InChI=1S/C23H28N4O2/c1-6-10-27-17(4)11-19(18(27)5)12-20(13-24)23(29)25-14-21(28)26-22-15(2)8-7-9-16(22)3/h7-9,11-12H,6,10,14H2,1-5H3,(H,25,29)(H,26,28)/b20-12+. The van der Waals surface area contributed by atoms with Gasteiger partial charge >= 0.3 is 0 Å². The summed E-state index contributed by atoms with van der Waals surface area (Å²) < 4.78 is 2.16. The predicted octanol–water partition coefficient (Wildman–Crippen LogP) is 3.79. The number of amides is 2. The van der Waals surface area contributed by atoms with Crippen LogP contribution in [0, 0.1) is 39.0 Å². The maximum absolute atomic E-state index is 12.4. The molecule has 0 radical (unpaired) electrons. The number of anilines is 1. The molecule has 152 valence electrons. The van der Waals surface area contributed by atoms with Crippen molar-refractivity contribution in [1.82, 2.24) is 9.88 Å². The first-order chi connectivity index (χ1) is 13.8. The van der Waals surface area contributed by atoms with Crippen LogP contribution in [0.25, 0.3) is 6.08 Å². The molecule has 0 fully saturated rings. The number of nitriles is 1. The third kappa shape index (κ3) is 5.35. The van der Waals surface area contributed by atoms with Crippen LogP contribution in [0.4, 0.5) is 5.69 Å². The number of rotatable bonds is 7. The maximum atomic E-state index is 12.4. The van der Waals surface area contributed by atoms with Crippen molar-refractivity contribution in [1.29, 1.82) is 5.26 Å². The van der Waals surface area contributed by atoms with Gasteiger partial charge in [0.25, 0.3) is 5.91 Å². The number of nitrogens with one attached hydrogen (secondary N) is 2. The molecular formula is C23H28N4O2. The van der Waals surface area contributed by atoms with Crippen molar-refractivity contribution in [3.8, 4) is 6.07 Å². The summed E-state index contributed by atoms with van der Waals surface area (Å²) >= 11 is 0. The summed E-state index contributed by atoms with van der Waals surface area (Å²) in [5.41, 5.74) is 5.55. The smallest absolute Gasteiger partial charge is 0.262 e. The molecule has 0 atom stereocenters. The summed E-state index contributed by atoms with van der Waals surface area (Å²) in [4.78, 5) is 24.6. The maximum Gasteiger partial charge on any atom is 0.262 e. The van der Waals surface area contributed by atoms with Crippen LogP contribution in [-0.2, 0) is 16.1 Å². The van der Waals surface area contributed by atoms with Crippen molar-refractivity contribution in [2.24, 2.45) is 0 Å². The predicted molar refractivity (Wildman–Crippen MR) is 115 cm³/mol. The molecule has 0 unspecified atom stereocenters. The van der Waals surface area contributed by atoms with Gasteiger partial charge in [0, 0.05) is 23.6 Å². The van der Waals surface area contributed by atoms with Gasteiger partial charge in [-0.2, -0.15) is 5.26 Å². The molecule has 0 bridgehead atoms. The topological polar surface area (TPSA) is 86.9 Å². The molecule has 2 amide bonds. The van der Waals surface area contributed by atoms with Crippen molar-refractivity contribution < 1.29 is 9.59 Å². The summed E-state index contributed by atoms with van der Waals surface area (Å²) in [7, 11) is 0. The first kappa shape index (κ1) is 22.0. The molecule has 1 aromatic heterocycles. The lowest BCUT2D eigenvalue weighted by molar-refractivity contribution is -0.121. The van der Waals surface area contributed by atoms with E-state index in [2.05, 4.69) is 22.1 Å². The minimum absolute atomic E-state index is 0.0263. The van der Waals surface area contributed by atoms with Crippen LogP contribution in [0.5, 0.6) is 0 Å². The highest BCUT2D eigenvalue weighted by Crippen LogP contribution is 2.20. The van der Waals surface area contributed by atoms with Crippen LogP contribution in [-0.4, -0.2) is 22.9 Å². The number of aryl methyl sites for hydroxylation is 3. The molecule has 6 nitrogen and oxygen atoms in total. The number of para-hydroxylation sites is 1. The second kappa shape index (κ2) is 9.74. The fraction of sp³-hybridized carbons (Fsp3) is 0.348. The molecule has 0 spiro atoms. The molecule has 1 heterocycles. The Kier molecular flexibility index (Phi) is 7.38. The number of hydrogen-bond donors (Lipinski definition) is 2. The number of hydrogen-bond acceptors (Lipinski definition) is 3. The van der Waals surface area contributed by atoms with Gasteiger partial charge in [0.2, 0.25) is 5.91 Å². The van der Waals surface area contributed by atoms with Crippen LogP contribution in [0.3, 0.4) is 0 Å². The average Bonchev–Trinajstić information content (AvgIpc) is 2.95. The van der Waals surface area contributed by atoms with Crippen molar-refractivity contribution in [3.63, 3.8) is 0 Å². The third-order valence-electron chi connectivity index (χ3n) is 4.88. The van der Waals surface area contributed by atoms with E-state index in [0.717, 1.165) is 46.7 Å². The molecule has 0 saturated carbocycles. The summed E-state index contributed by atoms with van der Waals surface area (Å²) in [6.07, 6.45) is 2.58. The van der Waals surface area contributed by atoms with Crippen molar-refractivity contribution in [2.45, 2.75) is 47.6 Å². The molecule has 29 heavy (non-hydrogen) atoms. The van der Waals surface area contributed by atoms with E-state index in [4.69, 9.17) is 0 Å². The first-order valence-electron chi connectivity index (χ1n) is 9.71. The number of benzene rings is 1. The highest BCUT2D eigenvalue weighted by Gasteiger charge is 2.14. The fourth-order valence-electron chi connectivity index (χ4n) is 3.30. The Hall–Kier alpha value is -3.33. The van der Waals surface area contributed by atoms with E-state index < -0.39 is 5.91 Å². The molecule has 0 aliphatic carbocycles. The van der Waals surface area contributed by atoms with Gasteiger partial charge in [-0.15, -0.1) is 0 Å². The summed E-state index contributed by atoms with van der Waals surface area (Å²) in [6, 6.07) is 9.64. The van der Waals surface area contributed by atoms with Gasteiger partial charge in [-0.05, 0) is 62.9 Å². The van der Waals surface area contributed by atoms with E-state index in [-0.39, 0.29) is 18.0 Å². The Morgan fingerprint density at radius 3 is 2.41 bits per heavy atom. The summed E-state index contributed by atoms with van der Waals surface area (Å²) in [6.45, 7) is 10.6. The summed E-state index contributed by atoms with van der Waals surface area (Å²) in [5.74, 6) is -0.904. The first-order valence-corrected chi connectivity index (χ1v) is 9.71. The van der Waals surface area contributed by atoms with Crippen LogP contribution >= 0.6 is 0 Å². The number of carbonyl (C=O) groups is 2. The van der Waals surface area contributed by atoms with E-state index in [1.54, 1.807) is 6.08 Å². The number of carbonyl (C=O) groups excluding carboxylic acids is 2. The van der Waals surface area contributed by atoms with E-state index in [1.807, 2.05) is 58.0 Å². The van der Waals surface area contributed by atoms with Crippen molar-refractivity contribution in [2.75, 3.05) is 11.9 Å². The fourth-order valence-corrected chi connectivity index (χ4v) is 3.30. The zero-order chi connectivity index (χ0) is 21.6. The normalized spacial score (nSPS) is 11.1. The van der Waals surface area contributed by atoms with Gasteiger partial charge in [0.15, 0.2) is 0 Å². The monoisotopic (exact) mass is 392 g/mol. The molecule has 0 aliphatic heterocycles. The lowest BCUT2D eigenvalue weighted by Gasteiger charge is -2.11. The zero-order valence-electron chi connectivity index (χ0n) is 17.7. The van der Waals surface area contributed by atoms with Crippen LogP contribution in [0.1, 0.15) is 41.4 Å². The van der Waals surface area contributed by atoms with E-state index in [1.165, 1.54) is 0 Å². The summed E-state index contributed by atoms with van der Waals surface area (Å²) in [5, 5.41) is 14.8. The minimum Gasteiger partial charge on any atom is -0.349 e. The lowest BCUT2D eigenvalue weighted by atomic mass is 10.1. The van der Waals surface area contributed by atoms with E-state index in [9.17, 15) is 14.9 Å². The second-order valence-corrected chi connectivity index (χ2v) is 7.15. The number of nitrogens with zero attached hydrogens (tertiary/aromatic N) is 2. The van der Waals surface area contributed by atoms with E-state index >= 15 is 0 Å². The minimum atomic E-state index is -0.565. The molecule has 2 rings (SSSR count). The zero-order valence-corrected chi connectivity index (χ0v) is 17.7. The quantitative estimate of drug-likeness (QED) is 0.555. The van der Waals surface area contributed by atoms with Crippen molar-refractivity contribution >= 4 is 23.6 Å². The average molecular weight is 393 g/mol. The molecule has 0 saturated heterocycles. The Balaban J connectivity index is 2.07. The lowest BCUT2D eigenvalue weighted by Crippen LogP contribution is -2.33. The molecule has 2 aromatic rings. The van der Waals surface area contributed by atoms with Crippen molar-refractivity contribution in [3.05, 3.63) is 57.9 Å². The molecule has 2 N–H and O–H groups in total. The Morgan fingerprint density at radius 1 is 1.17 bits per heavy atom. The van der Waals surface area contributed by atoms with Gasteiger partial charge in [0.1, 0.15) is 11.6 Å². The SMILES string of the molecule is CCCn1c(C)cc(/C=C(\C#N)C(=O)NCC(=O)Nc2c(C)cccc2C)c1C. The van der Waals surface area contributed by atoms with Crippen LogP contribution in [0.2, 0.25) is 0 Å². The van der Waals surface area contributed by atoms with Gasteiger partial charge in [0.05, 0.1) is 6.54 Å².